The van der Waals surface area contributed by atoms with Crippen molar-refractivity contribution in [3.05, 3.63) is 63.4 Å². The van der Waals surface area contributed by atoms with Crippen LogP contribution in [0, 0.1) is 24.4 Å². The molecular weight excluding hydrogens is 392 g/mol. The first-order chi connectivity index (χ1) is 12.6. The van der Waals surface area contributed by atoms with E-state index in [4.69, 9.17) is 0 Å². The third kappa shape index (κ3) is 4.21. The van der Waals surface area contributed by atoms with Gasteiger partial charge in [-0.15, -0.1) is 11.3 Å². The average Bonchev–Trinajstić information content (AvgIpc) is 2.96. The molecule has 0 saturated carbocycles. The lowest BCUT2D eigenvalue weighted by molar-refractivity contribution is -0.137. The third-order valence-corrected chi connectivity index (χ3v) is 4.64. The minimum atomic E-state index is -4.52. The van der Waals surface area contributed by atoms with Gasteiger partial charge in [-0.25, -0.2) is 23.1 Å². The molecular formula is C17H11F6N3S. The highest BCUT2D eigenvalue weighted by atomic mass is 32.1. The molecule has 1 aromatic carbocycles. The first-order valence-corrected chi connectivity index (χ1v) is 8.35. The van der Waals surface area contributed by atoms with E-state index in [1.54, 1.807) is 0 Å². The highest BCUT2D eigenvalue weighted by Crippen LogP contribution is 2.37. The van der Waals surface area contributed by atoms with Gasteiger partial charge in [-0.1, -0.05) is 0 Å². The molecule has 0 unspecified atom stereocenters. The van der Waals surface area contributed by atoms with Crippen LogP contribution in [0.3, 0.4) is 0 Å². The van der Waals surface area contributed by atoms with E-state index >= 15 is 0 Å². The number of thiazole rings is 1. The summed E-state index contributed by atoms with van der Waals surface area (Å²) in [6, 6.07) is 4.08. The Kier molecular flexibility index (Phi) is 5.09. The zero-order valence-corrected chi connectivity index (χ0v) is 14.5. The van der Waals surface area contributed by atoms with Crippen LogP contribution in [-0.4, -0.2) is 9.97 Å². The summed E-state index contributed by atoms with van der Waals surface area (Å²) in [4.78, 5) is 8.01. The quantitative estimate of drug-likeness (QED) is 0.580. The van der Waals surface area contributed by atoms with Crippen LogP contribution in [0.1, 0.15) is 15.4 Å². The lowest BCUT2D eigenvalue weighted by atomic mass is 10.2. The molecule has 0 amide bonds. The molecule has 0 bridgehead atoms. The lowest BCUT2D eigenvalue weighted by Crippen LogP contribution is -2.06. The molecule has 0 aliphatic rings. The molecule has 3 aromatic rings. The predicted octanol–water partition coefficient (Wildman–Crippen LogP) is 5.56. The SMILES string of the molecule is Cc1sc(C(F)(F)F)nc1-c1ccc(NCc2c(F)cc(F)cc2F)nc1. The zero-order chi connectivity index (χ0) is 19.8. The van der Waals surface area contributed by atoms with Crippen LogP contribution in [0.15, 0.2) is 30.5 Å². The second-order valence-corrected chi connectivity index (χ2v) is 6.76. The van der Waals surface area contributed by atoms with Gasteiger partial charge >= 0.3 is 6.18 Å². The molecule has 10 heteroatoms. The van der Waals surface area contributed by atoms with E-state index in [0.29, 0.717) is 33.9 Å². The number of pyridine rings is 1. The number of anilines is 1. The zero-order valence-electron chi connectivity index (χ0n) is 13.7. The van der Waals surface area contributed by atoms with Gasteiger partial charge in [-0.3, -0.25) is 0 Å². The molecule has 1 N–H and O–H groups in total. The minimum Gasteiger partial charge on any atom is -0.366 e. The molecule has 2 heterocycles. The number of hydrogen-bond acceptors (Lipinski definition) is 4. The van der Waals surface area contributed by atoms with Crippen LogP contribution >= 0.6 is 11.3 Å². The topological polar surface area (TPSA) is 37.8 Å². The fraction of sp³-hybridized carbons (Fsp3) is 0.176. The van der Waals surface area contributed by atoms with Gasteiger partial charge in [0.05, 0.1) is 5.69 Å². The van der Waals surface area contributed by atoms with Crippen LogP contribution in [0.4, 0.5) is 32.2 Å². The van der Waals surface area contributed by atoms with Gasteiger partial charge in [0.25, 0.3) is 0 Å². The molecule has 3 nitrogen and oxygen atoms in total. The van der Waals surface area contributed by atoms with Crippen LogP contribution in [-0.2, 0) is 12.7 Å². The second-order valence-electron chi connectivity index (χ2n) is 5.56. The summed E-state index contributed by atoms with van der Waals surface area (Å²) in [7, 11) is 0. The molecule has 2 aromatic heterocycles. The highest BCUT2D eigenvalue weighted by molar-refractivity contribution is 7.12. The van der Waals surface area contributed by atoms with Gasteiger partial charge in [-0.05, 0) is 19.1 Å². The maximum absolute atomic E-state index is 13.6. The Labute approximate surface area is 153 Å². The monoisotopic (exact) mass is 403 g/mol. The molecule has 27 heavy (non-hydrogen) atoms. The van der Waals surface area contributed by atoms with Crippen LogP contribution < -0.4 is 5.32 Å². The van der Waals surface area contributed by atoms with E-state index < -0.39 is 28.6 Å². The smallest absolute Gasteiger partial charge is 0.366 e. The Bertz CT molecular complexity index is 943. The average molecular weight is 403 g/mol. The Balaban J connectivity index is 1.76. The van der Waals surface area contributed by atoms with E-state index in [9.17, 15) is 26.3 Å². The molecule has 0 saturated heterocycles. The summed E-state index contributed by atoms with van der Waals surface area (Å²) in [5, 5.41) is 1.73. The number of nitrogens with one attached hydrogen (secondary N) is 1. The van der Waals surface area contributed by atoms with Crippen molar-refractivity contribution in [2.75, 3.05) is 5.32 Å². The van der Waals surface area contributed by atoms with Crippen molar-refractivity contribution < 1.29 is 26.3 Å². The van der Waals surface area contributed by atoms with Gasteiger partial charge < -0.3 is 5.32 Å². The summed E-state index contributed by atoms with van der Waals surface area (Å²) in [5.74, 6) is -2.84. The van der Waals surface area contributed by atoms with E-state index in [-0.39, 0.29) is 23.6 Å². The number of hydrogen-bond donors (Lipinski definition) is 1. The van der Waals surface area contributed by atoms with Gasteiger partial charge in [0.1, 0.15) is 23.3 Å². The van der Waals surface area contributed by atoms with Crippen molar-refractivity contribution in [3.63, 3.8) is 0 Å². The molecule has 0 aliphatic carbocycles. The van der Waals surface area contributed by atoms with Gasteiger partial charge in [-0.2, -0.15) is 13.2 Å². The molecule has 142 valence electrons. The molecule has 0 atom stereocenters. The fourth-order valence-corrected chi connectivity index (χ4v) is 3.15. The Morgan fingerprint density at radius 2 is 1.74 bits per heavy atom. The third-order valence-electron chi connectivity index (χ3n) is 3.63. The second kappa shape index (κ2) is 7.18. The molecule has 0 aliphatic heterocycles. The minimum absolute atomic E-state index is 0.169. The number of halogens is 6. The summed E-state index contributed by atoms with van der Waals surface area (Å²) >= 11 is 0.539. The maximum atomic E-state index is 13.6. The summed E-state index contributed by atoms with van der Waals surface area (Å²) in [5.41, 5.74) is 0.193. The van der Waals surface area contributed by atoms with Crippen LogP contribution in [0.2, 0.25) is 0 Å². The number of alkyl halides is 3. The largest absolute Gasteiger partial charge is 0.443 e. The molecule has 0 fully saturated rings. The summed E-state index contributed by atoms with van der Waals surface area (Å²) < 4.78 is 78.4. The van der Waals surface area contributed by atoms with Crippen molar-refractivity contribution in [3.8, 4) is 11.3 Å². The Hall–Kier alpha value is -2.62. The van der Waals surface area contributed by atoms with Gasteiger partial charge in [0.15, 0.2) is 5.01 Å². The van der Waals surface area contributed by atoms with Gasteiger partial charge in [0.2, 0.25) is 0 Å². The molecule has 0 spiro atoms. The van der Waals surface area contributed by atoms with Crippen LogP contribution in [0.5, 0.6) is 0 Å². The maximum Gasteiger partial charge on any atom is 0.443 e. The molecule has 0 radical (unpaired) electrons. The van der Waals surface area contributed by atoms with E-state index in [0.717, 1.165) is 0 Å². The molecule has 3 rings (SSSR count). The predicted molar refractivity (Wildman–Crippen MR) is 88.7 cm³/mol. The number of benzene rings is 1. The van der Waals surface area contributed by atoms with Crippen molar-refractivity contribution >= 4 is 17.2 Å². The van der Waals surface area contributed by atoms with Crippen molar-refractivity contribution in [1.82, 2.24) is 9.97 Å². The fourth-order valence-electron chi connectivity index (χ4n) is 2.34. The van der Waals surface area contributed by atoms with E-state index in [1.165, 1.54) is 25.3 Å². The lowest BCUT2D eigenvalue weighted by Gasteiger charge is -2.08. The van der Waals surface area contributed by atoms with Crippen molar-refractivity contribution in [2.24, 2.45) is 0 Å². The van der Waals surface area contributed by atoms with Crippen molar-refractivity contribution in [2.45, 2.75) is 19.6 Å². The summed E-state index contributed by atoms with van der Waals surface area (Å²) in [6.07, 6.45) is -3.21. The summed E-state index contributed by atoms with van der Waals surface area (Å²) in [6.45, 7) is 1.24. The van der Waals surface area contributed by atoms with E-state index in [1.807, 2.05) is 0 Å². The van der Waals surface area contributed by atoms with Crippen LogP contribution in [0.25, 0.3) is 11.3 Å². The van der Waals surface area contributed by atoms with Crippen molar-refractivity contribution in [1.29, 1.82) is 0 Å². The normalized spacial score (nSPS) is 11.7. The first-order valence-electron chi connectivity index (χ1n) is 7.53. The number of aryl methyl sites for hydroxylation is 1. The number of aromatic nitrogens is 2. The number of rotatable bonds is 4. The standard InChI is InChI=1S/C17H11F6N3S/c1-8-15(26-16(27-8)17(21,22)23)9-2-3-14(24-6-9)25-7-11-12(19)4-10(18)5-13(11)20/h2-6H,7H2,1H3,(H,24,25). The Morgan fingerprint density at radius 3 is 2.26 bits per heavy atom. The Morgan fingerprint density at radius 1 is 1.07 bits per heavy atom. The first kappa shape index (κ1) is 19.2. The van der Waals surface area contributed by atoms with Gasteiger partial charge in [0, 0.05) is 40.9 Å². The number of nitrogens with zero attached hydrogens (tertiary/aromatic N) is 2. The highest BCUT2D eigenvalue weighted by Gasteiger charge is 2.35. The van der Waals surface area contributed by atoms with E-state index in [2.05, 4.69) is 15.3 Å².